The van der Waals surface area contributed by atoms with E-state index in [9.17, 15) is 4.79 Å². The third kappa shape index (κ3) is 2.78. The molecule has 0 fully saturated rings. The molecular formula is C16H13N5O2. The number of amides is 1. The number of para-hydroxylation sites is 1. The maximum absolute atomic E-state index is 11.8. The first-order valence-corrected chi connectivity index (χ1v) is 6.77. The lowest BCUT2D eigenvalue weighted by Crippen LogP contribution is -2.23. The van der Waals surface area contributed by atoms with Gasteiger partial charge in [-0.2, -0.15) is 5.10 Å². The first kappa shape index (κ1) is 14.4. The number of oxazole rings is 1. The molecule has 23 heavy (non-hydrogen) atoms. The summed E-state index contributed by atoms with van der Waals surface area (Å²) in [7, 11) is 0. The Bertz CT molecular complexity index is 874. The molecule has 0 aliphatic rings. The quantitative estimate of drug-likeness (QED) is 0.711. The van der Waals surface area contributed by atoms with Crippen LogP contribution in [0.2, 0.25) is 0 Å². The van der Waals surface area contributed by atoms with Crippen LogP contribution in [0.4, 0.5) is 5.82 Å². The van der Waals surface area contributed by atoms with Crippen molar-refractivity contribution in [2.75, 3.05) is 12.3 Å². The summed E-state index contributed by atoms with van der Waals surface area (Å²) in [5.41, 5.74) is 7.55. The summed E-state index contributed by atoms with van der Waals surface area (Å²) in [6.45, 7) is 0.120. The molecular weight excluding hydrogens is 294 g/mol. The van der Waals surface area contributed by atoms with Crippen LogP contribution in [0.3, 0.4) is 0 Å². The zero-order valence-electron chi connectivity index (χ0n) is 12.1. The zero-order chi connectivity index (χ0) is 16.2. The fourth-order valence-corrected chi connectivity index (χ4v) is 2.02. The Hall–Kier alpha value is -3.53. The maximum atomic E-state index is 11.8. The second-order valence-electron chi connectivity index (χ2n) is 4.62. The van der Waals surface area contributed by atoms with Crippen LogP contribution in [0, 0.1) is 12.3 Å². The van der Waals surface area contributed by atoms with Crippen LogP contribution < -0.4 is 11.1 Å². The molecule has 1 amide bonds. The van der Waals surface area contributed by atoms with E-state index in [4.69, 9.17) is 16.6 Å². The maximum Gasteiger partial charge on any atom is 0.274 e. The molecule has 1 aromatic carbocycles. The SMILES string of the molecule is C#CCNC(=O)c1coc(-c2cnn(-c3ccccc3)c2N)n1. The predicted octanol–water partition coefficient (Wildman–Crippen LogP) is 1.47. The number of hydrogen-bond acceptors (Lipinski definition) is 5. The van der Waals surface area contributed by atoms with E-state index < -0.39 is 5.91 Å². The molecule has 0 saturated heterocycles. The molecule has 3 rings (SSSR count). The summed E-state index contributed by atoms with van der Waals surface area (Å²) in [6.07, 6.45) is 7.88. The minimum absolute atomic E-state index is 0.120. The van der Waals surface area contributed by atoms with Gasteiger partial charge in [0.1, 0.15) is 12.1 Å². The summed E-state index contributed by atoms with van der Waals surface area (Å²) in [4.78, 5) is 15.9. The van der Waals surface area contributed by atoms with E-state index >= 15 is 0 Å². The van der Waals surface area contributed by atoms with E-state index in [2.05, 4.69) is 21.3 Å². The minimum atomic E-state index is -0.410. The molecule has 0 spiro atoms. The average molecular weight is 307 g/mol. The van der Waals surface area contributed by atoms with Gasteiger partial charge in [-0.3, -0.25) is 4.79 Å². The van der Waals surface area contributed by atoms with E-state index in [1.165, 1.54) is 12.5 Å². The topological polar surface area (TPSA) is 99.0 Å². The number of nitrogen functional groups attached to an aromatic ring is 1. The van der Waals surface area contributed by atoms with Crippen molar-refractivity contribution in [1.29, 1.82) is 0 Å². The van der Waals surface area contributed by atoms with Gasteiger partial charge in [0.25, 0.3) is 5.91 Å². The molecule has 3 N–H and O–H groups in total. The van der Waals surface area contributed by atoms with Crippen LogP contribution in [-0.2, 0) is 0 Å². The number of hydrogen-bond donors (Lipinski definition) is 2. The van der Waals surface area contributed by atoms with Crippen LogP contribution in [0.15, 0.2) is 47.2 Å². The molecule has 0 bridgehead atoms. The van der Waals surface area contributed by atoms with Gasteiger partial charge in [0.05, 0.1) is 24.0 Å². The summed E-state index contributed by atoms with van der Waals surface area (Å²) >= 11 is 0. The average Bonchev–Trinajstić information content (AvgIpc) is 3.20. The number of carbonyl (C=O) groups is 1. The number of nitrogens with zero attached hydrogens (tertiary/aromatic N) is 3. The summed E-state index contributed by atoms with van der Waals surface area (Å²) in [5.74, 6) is 2.49. The van der Waals surface area contributed by atoms with Crippen LogP contribution in [0.1, 0.15) is 10.5 Å². The van der Waals surface area contributed by atoms with E-state index in [1.54, 1.807) is 4.68 Å². The Labute approximate surface area is 132 Å². The lowest BCUT2D eigenvalue weighted by molar-refractivity contribution is 0.0954. The first-order chi connectivity index (χ1) is 11.2. The standard InChI is InChI=1S/C16H13N5O2/c1-2-8-18-15(22)13-10-23-16(20-13)12-9-19-21(14(12)17)11-6-4-3-5-7-11/h1,3-7,9-10H,8,17H2,(H,18,22). The Morgan fingerprint density at radius 3 is 2.91 bits per heavy atom. The molecule has 2 aromatic heterocycles. The predicted molar refractivity (Wildman–Crippen MR) is 84.6 cm³/mol. The molecule has 3 aromatic rings. The van der Waals surface area contributed by atoms with Crippen molar-refractivity contribution in [2.45, 2.75) is 0 Å². The van der Waals surface area contributed by atoms with Gasteiger partial charge in [0.15, 0.2) is 5.69 Å². The van der Waals surface area contributed by atoms with Crippen molar-refractivity contribution in [1.82, 2.24) is 20.1 Å². The van der Waals surface area contributed by atoms with E-state index in [0.717, 1.165) is 5.69 Å². The Morgan fingerprint density at radius 1 is 1.39 bits per heavy atom. The lowest BCUT2D eigenvalue weighted by atomic mass is 10.3. The molecule has 0 radical (unpaired) electrons. The van der Waals surface area contributed by atoms with Crippen molar-refractivity contribution < 1.29 is 9.21 Å². The Morgan fingerprint density at radius 2 is 2.17 bits per heavy atom. The third-order valence-electron chi connectivity index (χ3n) is 3.13. The number of terminal acetylenes is 1. The Balaban J connectivity index is 1.89. The molecule has 0 aliphatic heterocycles. The molecule has 114 valence electrons. The van der Waals surface area contributed by atoms with Crippen molar-refractivity contribution in [3.8, 4) is 29.5 Å². The van der Waals surface area contributed by atoms with Crippen molar-refractivity contribution in [3.63, 3.8) is 0 Å². The van der Waals surface area contributed by atoms with Crippen molar-refractivity contribution in [2.24, 2.45) is 0 Å². The molecule has 0 saturated carbocycles. The number of carbonyl (C=O) groups excluding carboxylic acids is 1. The number of aromatic nitrogens is 3. The molecule has 0 aliphatic carbocycles. The first-order valence-electron chi connectivity index (χ1n) is 6.77. The van der Waals surface area contributed by atoms with E-state index in [1.807, 2.05) is 30.3 Å². The van der Waals surface area contributed by atoms with Crippen molar-refractivity contribution >= 4 is 11.7 Å². The van der Waals surface area contributed by atoms with Gasteiger partial charge in [0, 0.05) is 0 Å². The normalized spacial score (nSPS) is 10.2. The summed E-state index contributed by atoms with van der Waals surface area (Å²) in [5, 5.41) is 6.74. The van der Waals surface area contributed by atoms with Gasteiger partial charge >= 0.3 is 0 Å². The fraction of sp³-hybridized carbons (Fsp3) is 0.0625. The number of anilines is 1. The van der Waals surface area contributed by atoms with E-state index in [-0.39, 0.29) is 18.1 Å². The monoisotopic (exact) mass is 307 g/mol. The second kappa shape index (κ2) is 6.07. The van der Waals surface area contributed by atoms with Gasteiger partial charge in [-0.05, 0) is 12.1 Å². The van der Waals surface area contributed by atoms with Crippen LogP contribution in [0.5, 0.6) is 0 Å². The van der Waals surface area contributed by atoms with Gasteiger partial charge < -0.3 is 15.5 Å². The molecule has 2 heterocycles. The second-order valence-corrected chi connectivity index (χ2v) is 4.62. The van der Waals surface area contributed by atoms with Gasteiger partial charge in [-0.1, -0.05) is 24.1 Å². The largest absolute Gasteiger partial charge is 0.443 e. The van der Waals surface area contributed by atoms with Crippen LogP contribution >= 0.6 is 0 Å². The third-order valence-corrected chi connectivity index (χ3v) is 3.13. The summed E-state index contributed by atoms with van der Waals surface area (Å²) < 4.78 is 6.89. The number of benzene rings is 1. The van der Waals surface area contributed by atoms with E-state index in [0.29, 0.717) is 11.4 Å². The lowest BCUT2D eigenvalue weighted by Gasteiger charge is -2.03. The highest BCUT2D eigenvalue weighted by atomic mass is 16.3. The highest BCUT2D eigenvalue weighted by Gasteiger charge is 2.18. The van der Waals surface area contributed by atoms with Gasteiger partial charge in [0.2, 0.25) is 5.89 Å². The molecule has 7 nitrogen and oxygen atoms in total. The highest BCUT2D eigenvalue weighted by Crippen LogP contribution is 2.26. The molecule has 0 unspecified atom stereocenters. The number of nitrogens with two attached hydrogens (primary N) is 1. The Kier molecular flexibility index (Phi) is 3.80. The molecule has 7 heteroatoms. The highest BCUT2D eigenvalue weighted by molar-refractivity contribution is 5.92. The van der Waals surface area contributed by atoms with Crippen LogP contribution in [-0.4, -0.2) is 27.2 Å². The van der Waals surface area contributed by atoms with Gasteiger partial charge in [-0.25, -0.2) is 9.67 Å². The minimum Gasteiger partial charge on any atom is -0.443 e. The number of nitrogens with one attached hydrogen (secondary N) is 1. The smallest absolute Gasteiger partial charge is 0.274 e. The molecule has 0 atom stereocenters. The number of rotatable bonds is 4. The zero-order valence-corrected chi connectivity index (χ0v) is 12.1. The fourth-order valence-electron chi connectivity index (χ4n) is 2.02. The van der Waals surface area contributed by atoms with Crippen molar-refractivity contribution in [3.05, 3.63) is 48.5 Å². The van der Waals surface area contributed by atoms with Gasteiger partial charge in [-0.15, -0.1) is 6.42 Å². The van der Waals surface area contributed by atoms with Crippen LogP contribution in [0.25, 0.3) is 17.1 Å². The summed E-state index contributed by atoms with van der Waals surface area (Å²) in [6, 6.07) is 9.42.